The molecule has 0 aliphatic carbocycles. The number of hydrogen-bond acceptors (Lipinski definition) is 2. The van der Waals surface area contributed by atoms with Crippen molar-refractivity contribution < 1.29 is 14.0 Å². The molecule has 0 unspecified atom stereocenters. The van der Waals surface area contributed by atoms with E-state index in [2.05, 4.69) is 10.5 Å². The molecule has 0 atom stereocenters. The molecular formula is C18H17FN2O2. The Labute approximate surface area is 133 Å². The highest BCUT2D eigenvalue weighted by atomic mass is 19.1. The summed E-state index contributed by atoms with van der Waals surface area (Å²) in [5.74, 6) is -0.590. The van der Waals surface area contributed by atoms with Gasteiger partial charge >= 0.3 is 0 Å². The normalized spacial score (nSPS) is 10.9. The number of rotatable bonds is 5. The molecule has 2 N–H and O–H groups in total. The first-order valence-electron chi connectivity index (χ1n) is 7.35. The van der Waals surface area contributed by atoms with E-state index in [0.717, 1.165) is 27.7 Å². The van der Waals surface area contributed by atoms with Gasteiger partial charge in [-0.2, -0.15) is 0 Å². The number of amides is 1. The fraction of sp³-hybridized carbons (Fsp3) is 0.167. The number of nitrogens with one attached hydrogen (secondary N) is 2. The number of aromatic amines is 1. The number of halogens is 1. The molecule has 1 heterocycles. The summed E-state index contributed by atoms with van der Waals surface area (Å²) >= 11 is 0. The van der Waals surface area contributed by atoms with Crippen molar-refractivity contribution in [1.29, 1.82) is 0 Å². The molecule has 3 rings (SSSR count). The van der Waals surface area contributed by atoms with Gasteiger partial charge in [-0.25, -0.2) is 9.87 Å². The van der Waals surface area contributed by atoms with Gasteiger partial charge < -0.3 is 4.98 Å². The van der Waals surface area contributed by atoms with Crippen molar-refractivity contribution in [3.8, 4) is 0 Å². The predicted molar refractivity (Wildman–Crippen MR) is 86.1 cm³/mol. The Morgan fingerprint density at radius 3 is 2.78 bits per heavy atom. The van der Waals surface area contributed by atoms with Crippen LogP contribution in [0.2, 0.25) is 0 Å². The first kappa shape index (κ1) is 15.2. The number of carbonyl (C=O) groups excluding carboxylic acids is 1. The van der Waals surface area contributed by atoms with Crippen molar-refractivity contribution in [3.63, 3.8) is 0 Å². The van der Waals surface area contributed by atoms with Crippen LogP contribution in [0.15, 0.2) is 48.5 Å². The lowest BCUT2D eigenvalue weighted by Gasteiger charge is -2.06. The van der Waals surface area contributed by atoms with Gasteiger partial charge in [0.25, 0.3) is 0 Å². The van der Waals surface area contributed by atoms with E-state index in [9.17, 15) is 9.18 Å². The molecular weight excluding hydrogens is 295 g/mol. The maximum Gasteiger partial charge on any atom is 0.248 e. The molecule has 2 aromatic carbocycles. The van der Waals surface area contributed by atoms with Crippen LogP contribution >= 0.6 is 0 Å². The summed E-state index contributed by atoms with van der Waals surface area (Å²) in [5, 5.41) is 0.723. The molecule has 0 saturated carbocycles. The highest BCUT2D eigenvalue weighted by Gasteiger charge is 2.13. The van der Waals surface area contributed by atoms with E-state index in [4.69, 9.17) is 4.84 Å². The quantitative estimate of drug-likeness (QED) is 0.709. The summed E-state index contributed by atoms with van der Waals surface area (Å²) in [6, 6.07) is 14.1. The molecule has 0 aliphatic rings. The number of aromatic nitrogens is 1. The van der Waals surface area contributed by atoms with E-state index < -0.39 is 0 Å². The Hall–Kier alpha value is -2.66. The fourth-order valence-electron chi connectivity index (χ4n) is 2.55. The zero-order chi connectivity index (χ0) is 16.2. The minimum Gasteiger partial charge on any atom is -0.358 e. The van der Waals surface area contributed by atoms with Gasteiger partial charge in [0.2, 0.25) is 5.91 Å². The van der Waals surface area contributed by atoms with Crippen molar-refractivity contribution in [2.45, 2.75) is 20.0 Å². The summed E-state index contributed by atoms with van der Waals surface area (Å²) in [6.45, 7) is 2.17. The molecule has 0 spiro atoms. The molecule has 4 nitrogen and oxygen atoms in total. The van der Waals surface area contributed by atoms with Crippen LogP contribution in [0.4, 0.5) is 4.39 Å². The average molecular weight is 312 g/mol. The lowest BCUT2D eigenvalue weighted by Crippen LogP contribution is -2.25. The lowest BCUT2D eigenvalue weighted by molar-refractivity contribution is -0.133. The summed E-state index contributed by atoms with van der Waals surface area (Å²) in [7, 11) is 0. The molecule has 0 aliphatic heterocycles. The molecule has 118 valence electrons. The van der Waals surface area contributed by atoms with Crippen LogP contribution in [0.25, 0.3) is 10.9 Å². The zero-order valence-electron chi connectivity index (χ0n) is 12.7. The van der Waals surface area contributed by atoms with Gasteiger partial charge in [0.15, 0.2) is 0 Å². The zero-order valence-corrected chi connectivity index (χ0v) is 12.7. The number of benzene rings is 2. The maximum absolute atomic E-state index is 13.4. The predicted octanol–water partition coefficient (Wildman–Crippen LogP) is 3.41. The topological polar surface area (TPSA) is 54.1 Å². The van der Waals surface area contributed by atoms with Crippen molar-refractivity contribution in [2.75, 3.05) is 0 Å². The van der Waals surface area contributed by atoms with E-state index in [-0.39, 0.29) is 18.1 Å². The number of H-pyrrole nitrogens is 1. The Morgan fingerprint density at radius 1 is 1.22 bits per heavy atom. The van der Waals surface area contributed by atoms with E-state index in [0.29, 0.717) is 6.61 Å². The van der Waals surface area contributed by atoms with Crippen LogP contribution in [0.1, 0.15) is 16.8 Å². The smallest absolute Gasteiger partial charge is 0.248 e. The minimum atomic E-state index is -0.321. The summed E-state index contributed by atoms with van der Waals surface area (Å²) in [6.07, 6.45) is 0.129. The van der Waals surface area contributed by atoms with Crippen molar-refractivity contribution in [3.05, 3.63) is 71.2 Å². The Kier molecular flexibility index (Phi) is 4.39. The van der Waals surface area contributed by atoms with E-state index in [1.54, 1.807) is 6.07 Å². The van der Waals surface area contributed by atoms with Crippen LogP contribution in [0, 0.1) is 12.7 Å². The van der Waals surface area contributed by atoms with Crippen LogP contribution in [0.3, 0.4) is 0 Å². The molecule has 3 aromatic rings. The van der Waals surface area contributed by atoms with Gasteiger partial charge in [-0.05, 0) is 36.2 Å². The SMILES string of the molecule is Cc1[nH]c2ccc(F)cc2c1CC(=O)NOCc1ccccc1. The third-order valence-corrected chi connectivity index (χ3v) is 3.69. The Bertz CT molecular complexity index is 828. The van der Waals surface area contributed by atoms with Gasteiger partial charge in [0.05, 0.1) is 13.0 Å². The monoisotopic (exact) mass is 312 g/mol. The van der Waals surface area contributed by atoms with Crippen molar-refractivity contribution >= 4 is 16.8 Å². The van der Waals surface area contributed by atoms with Crippen LogP contribution < -0.4 is 5.48 Å². The van der Waals surface area contributed by atoms with E-state index in [1.165, 1.54) is 12.1 Å². The highest BCUT2D eigenvalue weighted by molar-refractivity contribution is 5.89. The van der Waals surface area contributed by atoms with Gasteiger partial charge in [-0.15, -0.1) is 0 Å². The molecule has 1 aromatic heterocycles. The molecule has 1 amide bonds. The van der Waals surface area contributed by atoms with Crippen LogP contribution in [-0.2, 0) is 22.7 Å². The number of carbonyl (C=O) groups is 1. The van der Waals surface area contributed by atoms with E-state index in [1.807, 2.05) is 37.3 Å². The third-order valence-electron chi connectivity index (χ3n) is 3.69. The molecule has 0 radical (unpaired) electrons. The van der Waals surface area contributed by atoms with Gasteiger partial charge in [-0.1, -0.05) is 30.3 Å². The molecule has 23 heavy (non-hydrogen) atoms. The Balaban J connectivity index is 1.64. The molecule has 0 bridgehead atoms. The second kappa shape index (κ2) is 6.62. The van der Waals surface area contributed by atoms with Gasteiger partial charge in [0.1, 0.15) is 5.82 Å². The molecule has 0 fully saturated rings. The van der Waals surface area contributed by atoms with Crippen molar-refractivity contribution in [2.24, 2.45) is 0 Å². The lowest BCUT2D eigenvalue weighted by atomic mass is 10.1. The fourth-order valence-corrected chi connectivity index (χ4v) is 2.55. The average Bonchev–Trinajstić information content (AvgIpc) is 2.84. The summed E-state index contributed by atoms with van der Waals surface area (Å²) < 4.78 is 13.4. The van der Waals surface area contributed by atoms with Crippen molar-refractivity contribution in [1.82, 2.24) is 10.5 Å². The minimum absolute atomic E-state index is 0.129. The van der Waals surface area contributed by atoms with Crippen LogP contribution in [0.5, 0.6) is 0 Å². The first-order chi connectivity index (χ1) is 11.1. The van der Waals surface area contributed by atoms with Crippen LogP contribution in [-0.4, -0.2) is 10.9 Å². The number of aryl methyl sites for hydroxylation is 1. The maximum atomic E-state index is 13.4. The standard InChI is InChI=1S/C18H17FN2O2/c1-12-15(16-9-14(19)7-8-17(16)20-12)10-18(22)21-23-11-13-5-3-2-4-6-13/h2-9,20H,10-11H2,1H3,(H,21,22). The third kappa shape index (κ3) is 3.57. The number of fused-ring (bicyclic) bond motifs is 1. The van der Waals surface area contributed by atoms with E-state index >= 15 is 0 Å². The Morgan fingerprint density at radius 2 is 2.00 bits per heavy atom. The number of hydrogen-bond donors (Lipinski definition) is 2. The number of hydroxylamine groups is 1. The summed E-state index contributed by atoms with van der Waals surface area (Å²) in [5.41, 5.74) is 5.85. The largest absolute Gasteiger partial charge is 0.358 e. The summed E-state index contributed by atoms with van der Waals surface area (Å²) in [4.78, 5) is 20.4. The molecule has 0 saturated heterocycles. The van der Waals surface area contributed by atoms with Gasteiger partial charge in [0, 0.05) is 16.6 Å². The molecule has 5 heteroatoms. The second-order valence-electron chi connectivity index (χ2n) is 5.39. The van der Waals surface area contributed by atoms with Gasteiger partial charge in [-0.3, -0.25) is 9.63 Å². The highest BCUT2D eigenvalue weighted by Crippen LogP contribution is 2.23. The first-order valence-corrected chi connectivity index (χ1v) is 7.35. The second-order valence-corrected chi connectivity index (χ2v) is 5.39.